The van der Waals surface area contributed by atoms with E-state index in [1.165, 1.54) is 0 Å². The maximum atomic E-state index is 11.8. The van der Waals surface area contributed by atoms with Gasteiger partial charge in [-0.3, -0.25) is 20.0 Å². The summed E-state index contributed by atoms with van der Waals surface area (Å²) < 4.78 is 0. The van der Waals surface area contributed by atoms with Crippen molar-refractivity contribution in [3.63, 3.8) is 0 Å². The van der Waals surface area contributed by atoms with Gasteiger partial charge in [-0.05, 0) is 6.92 Å². The molecule has 0 saturated carbocycles. The topological polar surface area (TPSA) is 98.9 Å². The lowest BCUT2D eigenvalue weighted by Gasteiger charge is -2.22. The number of rotatable bonds is 2. The monoisotopic (exact) mass is 223 g/mol. The highest BCUT2D eigenvalue weighted by molar-refractivity contribution is 5.96. The first-order valence-electron chi connectivity index (χ1n) is 4.97. The summed E-state index contributed by atoms with van der Waals surface area (Å²) in [6.45, 7) is 2.31. The molecule has 0 aliphatic carbocycles. The molecule has 0 spiro atoms. The van der Waals surface area contributed by atoms with Gasteiger partial charge in [-0.2, -0.15) is 5.10 Å². The van der Waals surface area contributed by atoms with E-state index in [1.807, 2.05) is 6.92 Å². The SMILES string of the molecule is Cc1cn[nH]c1NC(=O)C1CNC(=O)CN1. The second-order valence-corrected chi connectivity index (χ2v) is 3.65. The summed E-state index contributed by atoms with van der Waals surface area (Å²) >= 11 is 0. The zero-order chi connectivity index (χ0) is 11.5. The Balaban J connectivity index is 1.93. The molecule has 0 bridgehead atoms. The fourth-order valence-electron chi connectivity index (χ4n) is 1.44. The average molecular weight is 223 g/mol. The first-order chi connectivity index (χ1) is 7.66. The van der Waals surface area contributed by atoms with E-state index < -0.39 is 6.04 Å². The average Bonchev–Trinajstić information content (AvgIpc) is 2.65. The van der Waals surface area contributed by atoms with Crippen molar-refractivity contribution in [3.8, 4) is 0 Å². The van der Waals surface area contributed by atoms with Crippen LogP contribution in [0, 0.1) is 6.92 Å². The van der Waals surface area contributed by atoms with Crippen LogP contribution >= 0.6 is 0 Å². The van der Waals surface area contributed by atoms with Crippen molar-refractivity contribution >= 4 is 17.6 Å². The molecule has 1 atom stereocenters. The van der Waals surface area contributed by atoms with E-state index in [2.05, 4.69) is 26.1 Å². The molecule has 1 unspecified atom stereocenters. The molecule has 86 valence electrons. The van der Waals surface area contributed by atoms with Crippen molar-refractivity contribution in [2.24, 2.45) is 0 Å². The number of aromatic nitrogens is 2. The maximum Gasteiger partial charge on any atom is 0.244 e. The number of hydrogen-bond acceptors (Lipinski definition) is 4. The molecule has 0 aromatic carbocycles. The predicted molar refractivity (Wildman–Crippen MR) is 56.8 cm³/mol. The highest BCUT2D eigenvalue weighted by Crippen LogP contribution is 2.08. The lowest BCUT2D eigenvalue weighted by molar-refractivity contribution is -0.124. The third-order valence-corrected chi connectivity index (χ3v) is 2.41. The summed E-state index contributed by atoms with van der Waals surface area (Å²) in [7, 11) is 0. The van der Waals surface area contributed by atoms with E-state index in [0.717, 1.165) is 5.56 Å². The van der Waals surface area contributed by atoms with E-state index in [4.69, 9.17) is 0 Å². The normalized spacial score (nSPS) is 20.3. The van der Waals surface area contributed by atoms with Gasteiger partial charge in [-0.15, -0.1) is 0 Å². The minimum absolute atomic E-state index is 0.0956. The number of carbonyl (C=O) groups is 2. The summed E-state index contributed by atoms with van der Waals surface area (Å²) in [4.78, 5) is 22.6. The zero-order valence-corrected chi connectivity index (χ0v) is 8.83. The number of carbonyl (C=O) groups excluding carboxylic acids is 2. The molecule has 1 aliphatic heterocycles. The van der Waals surface area contributed by atoms with Crippen LogP contribution in [0.15, 0.2) is 6.20 Å². The summed E-state index contributed by atoms with van der Waals surface area (Å²) in [5, 5.41) is 14.7. The summed E-state index contributed by atoms with van der Waals surface area (Å²) in [6.07, 6.45) is 1.63. The van der Waals surface area contributed by atoms with Crippen molar-refractivity contribution in [3.05, 3.63) is 11.8 Å². The fourth-order valence-corrected chi connectivity index (χ4v) is 1.44. The number of amides is 2. The first-order valence-corrected chi connectivity index (χ1v) is 4.97. The van der Waals surface area contributed by atoms with Crippen LogP contribution in [0.1, 0.15) is 5.56 Å². The van der Waals surface area contributed by atoms with Gasteiger partial charge in [0.25, 0.3) is 0 Å². The van der Waals surface area contributed by atoms with Crippen molar-refractivity contribution < 1.29 is 9.59 Å². The molecule has 1 saturated heterocycles. The quantitative estimate of drug-likeness (QED) is 0.503. The predicted octanol–water partition coefficient (Wildman–Crippen LogP) is -1.26. The molecule has 2 amide bonds. The van der Waals surface area contributed by atoms with Crippen LogP contribution in [0.4, 0.5) is 5.82 Å². The van der Waals surface area contributed by atoms with Crippen LogP contribution in [0.5, 0.6) is 0 Å². The second kappa shape index (κ2) is 4.31. The molecule has 2 heterocycles. The molecule has 1 aromatic rings. The number of aryl methyl sites for hydroxylation is 1. The number of piperazine rings is 1. The molecular weight excluding hydrogens is 210 g/mol. The largest absolute Gasteiger partial charge is 0.353 e. The summed E-state index contributed by atoms with van der Waals surface area (Å²) in [6, 6.07) is -0.402. The minimum Gasteiger partial charge on any atom is -0.353 e. The van der Waals surface area contributed by atoms with Crippen molar-refractivity contribution in [1.82, 2.24) is 20.8 Å². The van der Waals surface area contributed by atoms with Gasteiger partial charge in [-0.1, -0.05) is 0 Å². The Bertz CT molecular complexity index is 404. The standard InChI is InChI=1S/C9H13N5O2/c1-5-2-12-14-8(5)13-9(16)6-3-11-7(15)4-10-6/h2,6,10H,3-4H2,1H3,(H,11,15)(H2,12,13,14,16). The molecule has 16 heavy (non-hydrogen) atoms. The smallest absolute Gasteiger partial charge is 0.244 e. The van der Waals surface area contributed by atoms with Gasteiger partial charge in [0.05, 0.1) is 12.7 Å². The summed E-state index contributed by atoms with van der Waals surface area (Å²) in [5.41, 5.74) is 0.869. The van der Waals surface area contributed by atoms with Gasteiger partial charge in [0.15, 0.2) is 0 Å². The molecule has 4 N–H and O–H groups in total. The highest BCUT2D eigenvalue weighted by atomic mass is 16.2. The molecular formula is C9H13N5O2. The Kier molecular flexibility index (Phi) is 2.86. The van der Waals surface area contributed by atoms with Crippen LogP contribution in [0.25, 0.3) is 0 Å². The Morgan fingerprint density at radius 3 is 3.00 bits per heavy atom. The highest BCUT2D eigenvalue weighted by Gasteiger charge is 2.24. The Morgan fingerprint density at radius 1 is 1.62 bits per heavy atom. The van der Waals surface area contributed by atoms with E-state index in [-0.39, 0.29) is 18.4 Å². The van der Waals surface area contributed by atoms with Gasteiger partial charge in [0, 0.05) is 12.1 Å². The van der Waals surface area contributed by atoms with Gasteiger partial charge in [-0.25, -0.2) is 0 Å². The van der Waals surface area contributed by atoms with Gasteiger partial charge >= 0.3 is 0 Å². The van der Waals surface area contributed by atoms with E-state index >= 15 is 0 Å². The van der Waals surface area contributed by atoms with Crippen LogP contribution in [0.2, 0.25) is 0 Å². The molecule has 7 heteroatoms. The van der Waals surface area contributed by atoms with Crippen LogP contribution < -0.4 is 16.0 Å². The number of nitrogens with one attached hydrogen (secondary N) is 4. The third kappa shape index (κ3) is 2.19. The van der Waals surface area contributed by atoms with E-state index in [0.29, 0.717) is 12.4 Å². The zero-order valence-electron chi connectivity index (χ0n) is 8.83. The Labute approximate surface area is 92.0 Å². The van der Waals surface area contributed by atoms with Crippen LogP contribution in [-0.2, 0) is 9.59 Å². The fraction of sp³-hybridized carbons (Fsp3) is 0.444. The van der Waals surface area contributed by atoms with E-state index in [1.54, 1.807) is 6.20 Å². The van der Waals surface area contributed by atoms with Crippen LogP contribution in [0.3, 0.4) is 0 Å². The molecule has 1 aromatic heterocycles. The van der Waals surface area contributed by atoms with Crippen molar-refractivity contribution in [1.29, 1.82) is 0 Å². The maximum absolute atomic E-state index is 11.8. The molecule has 1 aliphatic rings. The summed E-state index contributed by atoms with van der Waals surface area (Å²) in [5.74, 6) is 0.304. The lowest BCUT2D eigenvalue weighted by Crippen LogP contribution is -2.56. The van der Waals surface area contributed by atoms with Crippen LogP contribution in [-0.4, -0.2) is 41.1 Å². The van der Waals surface area contributed by atoms with Gasteiger partial charge in [0.2, 0.25) is 11.8 Å². The first kappa shape index (κ1) is 10.6. The van der Waals surface area contributed by atoms with Gasteiger partial charge < -0.3 is 10.6 Å². The van der Waals surface area contributed by atoms with Crippen molar-refractivity contribution in [2.75, 3.05) is 18.4 Å². The molecule has 0 radical (unpaired) electrons. The Morgan fingerprint density at radius 2 is 2.44 bits per heavy atom. The molecule has 1 fully saturated rings. The Hall–Kier alpha value is -1.89. The minimum atomic E-state index is -0.402. The number of H-pyrrole nitrogens is 1. The third-order valence-electron chi connectivity index (χ3n) is 2.41. The second-order valence-electron chi connectivity index (χ2n) is 3.65. The molecule has 2 rings (SSSR count). The number of aromatic amines is 1. The number of anilines is 1. The van der Waals surface area contributed by atoms with Gasteiger partial charge in [0.1, 0.15) is 11.9 Å². The van der Waals surface area contributed by atoms with E-state index in [9.17, 15) is 9.59 Å². The number of hydrogen-bond donors (Lipinski definition) is 4. The molecule has 7 nitrogen and oxygen atoms in total. The van der Waals surface area contributed by atoms with Crippen molar-refractivity contribution in [2.45, 2.75) is 13.0 Å². The lowest BCUT2D eigenvalue weighted by atomic mass is 10.2. The number of nitrogens with zero attached hydrogens (tertiary/aromatic N) is 1.